The third-order valence-corrected chi connectivity index (χ3v) is 5.71. The van der Waals surface area contributed by atoms with Crippen LogP contribution in [0.2, 0.25) is 0 Å². The van der Waals surface area contributed by atoms with Crippen LogP contribution >= 0.6 is 0 Å². The van der Waals surface area contributed by atoms with Gasteiger partial charge in [0.2, 0.25) is 5.91 Å². The fourth-order valence-electron chi connectivity index (χ4n) is 4.41. The van der Waals surface area contributed by atoms with Gasteiger partial charge in [-0.05, 0) is 36.5 Å². The smallest absolute Gasteiger partial charge is 0.230 e. The molecule has 5 nitrogen and oxygen atoms in total. The number of carbonyl (C=O) groups is 1. The second kappa shape index (κ2) is 8.30. The fourth-order valence-corrected chi connectivity index (χ4v) is 4.41. The molecule has 0 spiro atoms. The lowest BCUT2D eigenvalue weighted by atomic mass is 9.84. The van der Waals surface area contributed by atoms with Gasteiger partial charge in [-0.25, -0.2) is 0 Å². The zero-order chi connectivity index (χ0) is 18.7. The Morgan fingerprint density at radius 3 is 2.58 bits per heavy atom. The minimum absolute atomic E-state index is 0.185. The highest BCUT2D eigenvalue weighted by molar-refractivity contribution is 5.84. The van der Waals surface area contributed by atoms with E-state index in [1.807, 2.05) is 18.2 Å². The minimum atomic E-state index is -0.185. The summed E-state index contributed by atoms with van der Waals surface area (Å²) in [5, 5.41) is 0. The van der Waals surface area contributed by atoms with Gasteiger partial charge in [-0.15, -0.1) is 0 Å². The number of fused-ring (bicyclic) bond motifs is 1. The first-order valence-corrected chi connectivity index (χ1v) is 9.70. The molecule has 0 radical (unpaired) electrons. The van der Waals surface area contributed by atoms with Crippen molar-refractivity contribution in [2.24, 2.45) is 5.92 Å². The SMILES string of the molecule is COc1ccc(C(C(=O)N2CCOC3CCCCC32)C(C)C)cc1OC. The summed E-state index contributed by atoms with van der Waals surface area (Å²) in [6.07, 6.45) is 4.70. The number of benzene rings is 1. The van der Waals surface area contributed by atoms with E-state index in [-0.39, 0.29) is 29.9 Å². The molecule has 0 aromatic heterocycles. The topological polar surface area (TPSA) is 48.0 Å². The number of ether oxygens (including phenoxy) is 3. The third kappa shape index (κ3) is 3.68. The molecule has 2 fully saturated rings. The maximum absolute atomic E-state index is 13.5. The van der Waals surface area contributed by atoms with Crippen molar-refractivity contribution < 1.29 is 19.0 Å². The van der Waals surface area contributed by atoms with Crippen LogP contribution in [0.25, 0.3) is 0 Å². The number of carbonyl (C=O) groups excluding carboxylic acids is 1. The van der Waals surface area contributed by atoms with Crippen LogP contribution in [0.4, 0.5) is 0 Å². The van der Waals surface area contributed by atoms with Gasteiger partial charge in [-0.2, -0.15) is 0 Å². The van der Waals surface area contributed by atoms with E-state index in [1.54, 1.807) is 14.2 Å². The van der Waals surface area contributed by atoms with Crippen LogP contribution < -0.4 is 9.47 Å². The van der Waals surface area contributed by atoms with Crippen LogP contribution in [0.5, 0.6) is 11.5 Å². The highest BCUT2D eigenvalue weighted by Gasteiger charge is 2.40. The molecule has 1 amide bonds. The van der Waals surface area contributed by atoms with Gasteiger partial charge < -0.3 is 19.1 Å². The van der Waals surface area contributed by atoms with Gasteiger partial charge in [0.15, 0.2) is 11.5 Å². The molecule has 1 aliphatic heterocycles. The van der Waals surface area contributed by atoms with E-state index < -0.39 is 0 Å². The molecule has 144 valence electrons. The number of methoxy groups -OCH3 is 2. The summed E-state index contributed by atoms with van der Waals surface area (Å²) in [4.78, 5) is 15.6. The standard InChI is InChI=1S/C21H31NO4/c1-14(2)20(15-9-10-18(24-3)19(13-15)25-4)21(23)22-11-12-26-17-8-6-5-7-16(17)22/h9-10,13-14,16-17,20H,5-8,11-12H2,1-4H3. The van der Waals surface area contributed by atoms with Gasteiger partial charge in [0.25, 0.3) is 0 Å². The predicted molar refractivity (Wildman–Crippen MR) is 101 cm³/mol. The van der Waals surface area contributed by atoms with Gasteiger partial charge in [0.1, 0.15) is 0 Å². The average molecular weight is 361 g/mol. The highest BCUT2D eigenvalue weighted by Crippen LogP contribution is 2.36. The average Bonchev–Trinajstić information content (AvgIpc) is 2.67. The first-order valence-electron chi connectivity index (χ1n) is 9.70. The Morgan fingerprint density at radius 1 is 1.15 bits per heavy atom. The van der Waals surface area contributed by atoms with Gasteiger partial charge in [0.05, 0.1) is 38.9 Å². The van der Waals surface area contributed by atoms with Crippen LogP contribution in [0, 0.1) is 5.92 Å². The lowest BCUT2D eigenvalue weighted by molar-refractivity contribution is -0.152. The summed E-state index contributed by atoms with van der Waals surface area (Å²) in [7, 11) is 3.25. The van der Waals surface area contributed by atoms with E-state index >= 15 is 0 Å². The van der Waals surface area contributed by atoms with E-state index in [0.29, 0.717) is 24.7 Å². The van der Waals surface area contributed by atoms with Crippen LogP contribution in [0.1, 0.15) is 51.0 Å². The molecule has 1 aliphatic carbocycles. The molecule has 0 N–H and O–H groups in total. The van der Waals surface area contributed by atoms with Gasteiger partial charge in [0, 0.05) is 6.54 Å². The maximum Gasteiger partial charge on any atom is 0.230 e. The van der Waals surface area contributed by atoms with Crippen molar-refractivity contribution >= 4 is 5.91 Å². The number of amides is 1. The van der Waals surface area contributed by atoms with Crippen LogP contribution in [0.3, 0.4) is 0 Å². The lowest BCUT2D eigenvalue weighted by Gasteiger charge is -2.45. The Hall–Kier alpha value is -1.75. The maximum atomic E-state index is 13.5. The number of nitrogens with zero attached hydrogens (tertiary/aromatic N) is 1. The monoisotopic (exact) mass is 361 g/mol. The van der Waals surface area contributed by atoms with Crippen molar-refractivity contribution in [3.63, 3.8) is 0 Å². The summed E-state index contributed by atoms with van der Waals surface area (Å²) >= 11 is 0. The number of hydrogen-bond donors (Lipinski definition) is 0. The van der Waals surface area contributed by atoms with E-state index in [1.165, 1.54) is 12.8 Å². The lowest BCUT2D eigenvalue weighted by Crippen LogP contribution is -2.56. The first-order chi connectivity index (χ1) is 12.6. The van der Waals surface area contributed by atoms with Crippen molar-refractivity contribution in [2.45, 2.75) is 57.6 Å². The number of rotatable bonds is 5. The van der Waals surface area contributed by atoms with E-state index in [2.05, 4.69) is 18.7 Å². The van der Waals surface area contributed by atoms with Crippen molar-refractivity contribution in [1.29, 1.82) is 0 Å². The summed E-state index contributed by atoms with van der Waals surface area (Å²) < 4.78 is 16.7. The van der Waals surface area contributed by atoms with Crippen molar-refractivity contribution in [1.82, 2.24) is 4.90 Å². The molecule has 1 aromatic carbocycles. The Labute approximate surface area is 156 Å². The Kier molecular flexibility index (Phi) is 6.07. The Bertz CT molecular complexity index is 628. The first kappa shape index (κ1) is 19.0. The largest absolute Gasteiger partial charge is 0.493 e. The van der Waals surface area contributed by atoms with Crippen molar-refractivity contribution in [3.05, 3.63) is 23.8 Å². The molecule has 0 bridgehead atoms. The van der Waals surface area contributed by atoms with Crippen molar-refractivity contribution in [3.8, 4) is 11.5 Å². The number of hydrogen-bond acceptors (Lipinski definition) is 4. The predicted octanol–water partition coefficient (Wildman–Crippen LogP) is 3.61. The molecule has 26 heavy (non-hydrogen) atoms. The van der Waals surface area contributed by atoms with Gasteiger partial charge in [-0.3, -0.25) is 4.79 Å². The molecule has 1 saturated carbocycles. The summed E-state index contributed by atoms with van der Waals surface area (Å²) in [5.41, 5.74) is 0.988. The molecule has 1 saturated heterocycles. The summed E-state index contributed by atoms with van der Waals surface area (Å²) in [6, 6.07) is 6.05. The van der Waals surface area contributed by atoms with E-state index in [9.17, 15) is 4.79 Å². The molecule has 1 heterocycles. The molecule has 5 heteroatoms. The van der Waals surface area contributed by atoms with E-state index in [4.69, 9.17) is 14.2 Å². The number of morpholine rings is 1. The molecular weight excluding hydrogens is 330 g/mol. The zero-order valence-corrected chi connectivity index (χ0v) is 16.4. The molecule has 3 rings (SSSR count). The van der Waals surface area contributed by atoms with Gasteiger partial charge in [-0.1, -0.05) is 32.8 Å². The molecule has 1 aromatic rings. The van der Waals surface area contributed by atoms with Crippen LogP contribution in [-0.2, 0) is 9.53 Å². The van der Waals surface area contributed by atoms with E-state index in [0.717, 1.165) is 18.4 Å². The van der Waals surface area contributed by atoms with Crippen molar-refractivity contribution in [2.75, 3.05) is 27.4 Å². The normalized spacial score (nSPS) is 24.1. The quantitative estimate of drug-likeness (QED) is 0.804. The molecule has 3 unspecified atom stereocenters. The Morgan fingerprint density at radius 2 is 1.88 bits per heavy atom. The fraction of sp³-hybridized carbons (Fsp3) is 0.667. The summed E-state index contributed by atoms with van der Waals surface area (Å²) in [6.45, 7) is 5.55. The van der Waals surface area contributed by atoms with Gasteiger partial charge >= 0.3 is 0 Å². The second-order valence-electron chi connectivity index (χ2n) is 7.63. The minimum Gasteiger partial charge on any atom is -0.493 e. The third-order valence-electron chi connectivity index (χ3n) is 5.71. The van der Waals surface area contributed by atoms with Crippen LogP contribution in [-0.4, -0.2) is 50.3 Å². The zero-order valence-electron chi connectivity index (χ0n) is 16.4. The molecule has 2 aliphatic rings. The molecular formula is C21H31NO4. The second-order valence-corrected chi connectivity index (χ2v) is 7.63. The Balaban J connectivity index is 1.88. The highest BCUT2D eigenvalue weighted by atomic mass is 16.5. The summed E-state index contributed by atoms with van der Waals surface area (Å²) in [5.74, 6) is 1.58. The molecule has 3 atom stereocenters. The van der Waals surface area contributed by atoms with Crippen LogP contribution in [0.15, 0.2) is 18.2 Å².